The van der Waals surface area contributed by atoms with Crippen LogP contribution in [0.3, 0.4) is 0 Å². The van der Waals surface area contributed by atoms with E-state index in [2.05, 4.69) is 65.5 Å². The van der Waals surface area contributed by atoms with Gasteiger partial charge in [0.05, 0.1) is 11.1 Å². The lowest BCUT2D eigenvalue weighted by atomic mass is 9.58. The number of benzene rings is 1. The predicted octanol–water partition coefficient (Wildman–Crippen LogP) is 5.25. The number of fused-ring (bicyclic) bond motifs is 1. The van der Waals surface area contributed by atoms with E-state index < -0.39 is 5.41 Å². The van der Waals surface area contributed by atoms with Gasteiger partial charge in [0.25, 0.3) is 0 Å². The zero-order chi connectivity index (χ0) is 21.1. The number of nitrogens with zero attached hydrogens (tertiary/aromatic N) is 3. The van der Waals surface area contributed by atoms with Crippen molar-refractivity contribution in [2.45, 2.75) is 71.4 Å². The van der Waals surface area contributed by atoms with E-state index in [1.165, 1.54) is 24.1 Å². The van der Waals surface area contributed by atoms with Gasteiger partial charge in [-0.2, -0.15) is 10.2 Å². The maximum absolute atomic E-state index is 13.6. The molecule has 3 heterocycles. The molecule has 0 aromatic heterocycles. The van der Waals surface area contributed by atoms with Crippen LogP contribution in [0.5, 0.6) is 0 Å². The van der Waals surface area contributed by atoms with E-state index in [1.54, 1.807) is 0 Å². The molecule has 1 aromatic rings. The molecule has 2 unspecified atom stereocenters. The molecular weight excluding hydrogens is 372 g/mol. The van der Waals surface area contributed by atoms with Crippen LogP contribution < -0.4 is 10.2 Å². The minimum Gasteiger partial charge on any atom is -0.372 e. The summed E-state index contributed by atoms with van der Waals surface area (Å²) < 4.78 is 0. The van der Waals surface area contributed by atoms with E-state index in [1.807, 2.05) is 6.92 Å². The van der Waals surface area contributed by atoms with E-state index in [0.717, 1.165) is 48.5 Å². The van der Waals surface area contributed by atoms with Crippen LogP contribution in [-0.2, 0) is 10.2 Å². The molecule has 0 saturated carbocycles. The summed E-state index contributed by atoms with van der Waals surface area (Å²) in [5.41, 5.74) is 6.13. The van der Waals surface area contributed by atoms with Crippen LogP contribution in [0.15, 0.2) is 57.0 Å². The fraction of sp³-hybridized carbons (Fsp3) is 0.560. The molecule has 0 spiro atoms. The highest BCUT2D eigenvalue weighted by Gasteiger charge is 2.53. The maximum atomic E-state index is 13.6. The minimum absolute atomic E-state index is 0.0359. The van der Waals surface area contributed by atoms with Crippen molar-refractivity contribution in [2.75, 3.05) is 18.0 Å². The number of ketones is 1. The Labute approximate surface area is 179 Å². The molecule has 0 radical (unpaired) electrons. The quantitative estimate of drug-likeness (QED) is 0.749. The van der Waals surface area contributed by atoms with Crippen molar-refractivity contribution >= 4 is 11.5 Å². The van der Waals surface area contributed by atoms with E-state index in [0.29, 0.717) is 6.42 Å². The number of hydrogen-bond donors (Lipinski definition) is 1. The number of nitrogens with one attached hydrogen (secondary N) is 1. The lowest BCUT2D eigenvalue weighted by Gasteiger charge is -2.48. The van der Waals surface area contributed by atoms with Crippen molar-refractivity contribution in [3.05, 3.63) is 52.4 Å². The van der Waals surface area contributed by atoms with Crippen molar-refractivity contribution in [3.63, 3.8) is 0 Å². The van der Waals surface area contributed by atoms with E-state index in [-0.39, 0.29) is 17.4 Å². The van der Waals surface area contributed by atoms with Crippen LogP contribution in [0.4, 0.5) is 5.69 Å². The van der Waals surface area contributed by atoms with Gasteiger partial charge in [-0.15, -0.1) is 0 Å². The Morgan fingerprint density at radius 3 is 2.70 bits per heavy atom. The van der Waals surface area contributed by atoms with Gasteiger partial charge in [0, 0.05) is 42.0 Å². The molecule has 0 amide bonds. The molecule has 1 aliphatic carbocycles. The van der Waals surface area contributed by atoms with Crippen molar-refractivity contribution < 1.29 is 4.79 Å². The Morgan fingerprint density at radius 2 is 1.97 bits per heavy atom. The fourth-order valence-corrected chi connectivity index (χ4v) is 6.15. The van der Waals surface area contributed by atoms with Crippen molar-refractivity contribution in [3.8, 4) is 0 Å². The smallest absolute Gasteiger partial charge is 0.165 e. The van der Waals surface area contributed by atoms with E-state index >= 15 is 0 Å². The fourth-order valence-electron chi connectivity index (χ4n) is 6.15. The zero-order valence-corrected chi connectivity index (χ0v) is 18.6. The first kappa shape index (κ1) is 19.5. The van der Waals surface area contributed by atoms with Gasteiger partial charge in [0.15, 0.2) is 11.9 Å². The Kier molecular flexibility index (Phi) is 4.42. The third kappa shape index (κ3) is 2.78. The van der Waals surface area contributed by atoms with Gasteiger partial charge in [-0.3, -0.25) is 4.79 Å². The molecule has 1 fully saturated rings. The summed E-state index contributed by atoms with van der Waals surface area (Å²) >= 11 is 0. The van der Waals surface area contributed by atoms with Crippen LogP contribution in [0.2, 0.25) is 0 Å². The second-order valence-corrected chi connectivity index (χ2v) is 10.1. The minimum atomic E-state index is -0.456. The van der Waals surface area contributed by atoms with Crippen molar-refractivity contribution in [1.29, 1.82) is 0 Å². The van der Waals surface area contributed by atoms with Crippen LogP contribution in [0.25, 0.3) is 0 Å². The Hall–Kier alpha value is -2.43. The SMILES string of the molecule is CCC1(c2cccc(N3CCCC3)c2)C2=C(CC(C)(C)CC2=O)NC2N=NC(C)=C21. The van der Waals surface area contributed by atoms with Gasteiger partial charge >= 0.3 is 0 Å². The standard InChI is InChI=1S/C25H32N4O/c1-5-25(17-9-8-10-18(13-17)29-11-6-7-12-29)21-16(2)27-28-23(21)26-19-14-24(3,4)15-20(30)22(19)25/h8-10,13,23,26H,5-7,11-12,14-15H2,1-4H3. The van der Waals surface area contributed by atoms with Crippen molar-refractivity contribution in [1.82, 2.24) is 5.32 Å². The number of azo groups is 1. The van der Waals surface area contributed by atoms with Gasteiger partial charge in [0.1, 0.15) is 0 Å². The normalized spacial score (nSPS) is 29.9. The number of hydrogen-bond acceptors (Lipinski definition) is 5. The molecule has 1 N–H and O–H groups in total. The molecule has 0 bridgehead atoms. The number of allylic oxidation sites excluding steroid dienone is 3. The van der Waals surface area contributed by atoms with E-state index in [9.17, 15) is 4.79 Å². The Bertz CT molecular complexity index is 996. The molecule has 2 atom stereocenters. The third-order valence-corrected chi connectivity index (χ3v) is 7.40. The van der Waals surface area contributed by atoms with Crippen LogP contribution in [0, 0.1) is 5.41 Å². The summed E-state index contributed by atoms with van der Waals surface area (Å²) in [5.74, 6) is 0.271. The molecule has 158 valence electrons. The van der Waals surface area contributed by atoms with E-state index in [4.69, 9.17) is 0 Å². The lowest BCUT2D eigenvalue weighted by Crippen LogP contribution is -2.51. The van der Waals surface area contributed by atoms with Gasteiger partial charge in [-0.05, 0) is 55.7 Å². The van der Waals surface area contributed by atoms with Crippen LogP contribution in [0.1, 0.15) is 65.4 Å². The molecule has 5 nitrogen and oxygen atoms in total. The number of carbonyl (C=O) groups excluding carboxylic acids is 1. The molecule has 1 saturated heterocycles. The monoisotopic (exact) mass is 404 g/mol. The van der Waals surface area contributed by atoms with Gasteiger partial charge < -0.3 is 10.2 Å². The second kappa shape index (κ2) is 6.79. The third-order valence-electron chi connectivity index (χ3n) is 7.40. The summed E-state index contributed by atoms with van der Waals surface area (Å²) in [6, 6.07) is 8.91. The molecule has 1 aromatic carbocycles. The molecule has 3 aliphatic heterocycles. The number of anilines is 1. The summed E-state index contributed by atoms with van der Waals surface area (Å²) in [6.45, 7) is 10.8. The maximum Gasteiger partial charge on any atom is 0.165 e. The van der Waals surface area contributed by atoms with Gasteiger partial charge in [-0.25, -0.2) is 0 Å². The van der Waals surface area contributed by atoms with Gasteiger partial charge in [-0.1, -0.05) is 32.9 Å². The number of Topliss-reactive ketones (excluding diaryl/α,β-unsaturated/α-hetero) is 1. The molecule has 5 heteroatoms. The lowest BCUT2D eigenvalue weighted by molar-refractivity contribution is -0.119. The number of rotatable bonds is 3. The average molecular weight is 405 g/mol. The second-order valence-electron chi connectivity index (χ2n) is 10.1. The summed E-state index contributed by atoms with van der Waals surface area (Å²) in [6.07, 6.45) is 4.63. The average Bonchev–Trinajstić information content (AvgIpc) is 3.36. The first-order valence-corrected chi connectivity index (χ1v) is 11.4. The molecule has 4 aliphatic rings. The highest BCUT2D eigenvalue weighted by molar-refractivity contribution is 6.01. The Morgan fingerprint density at radius 1 is 1.20 bits per heavy atom. The van der Waals surface area contributed by atoms with Gasteiger partial charge in [0.2, 0.25) is 0 Å². The highest BCUT2D eigenvalue weighted by Crippen LogP contribution is 2.55. The van der Waals surface area contributed by atoms with Crippen LogP contribution >= 0.6 is 0 Å². The molecule has 5 rings (SSSR count). The highest BCUT2D eigenvalue weighted by atomic mass is 16.1. The first-order valence-electron chi connectivity index (χ1n) is 11.4. The summed E-state index contributed by atoms with van der Waals surface area (Å²) in [7, 11) is 0. The predicted molar refractivity (Wildman–Crippen MR) is 119 cm³/mol. The van der Waals surface area contributed by atoms with Crippen LogP contribution in [-0.4, -0.2) is 25.0 Å². The summed E-state index contributed by atoms with van der Waals surface area (Å²) in [5, 5.41) is 12.6. The largest absolute Gasteiger partial charge is 0.372 e. The molecule has 30 heavy (non-hydrogen) atoms. The Balaban J connectivity index is 1.74. The topological polar surface area (TPSA) is 57.1 Å². The molecular formula is C25H32N4O. The summed E-state index contributed by atoms with van der Waals surface area (Å²) in [4.78, 5) is 16.1. The first-order chi connectivity index (χ1) is 14.4. The zero-order valence-electron chi connectivity index (χ0n) is 18.6. The van der Waals surface area contributed by atoms with Crippen molar-refractivity contribution in [2.24, 2.45) is 15.6 Å². The number of carbonyl (C=O) groups is 1.